The van der Waals surface area contributed by atoms with Gasteiger partial charge in [-0.05, 0) is 66.5 Å². The van der Waals surface area contributed by atoms with Gasteiger partial charge in [-0.3, -0.25) is 0 Å². The maximum Gasteiger partial charge on any atom is 0.416 e. The van der Waals surface area contributed by atoms with Crippen molar-refractivity contribution in [1.29, 1.82) is 0 Å². The molecule has 106 valence electrons. The van der Waals surface area contributed by atoms with Crippen LogP contribution in [0.2, 0.25) is 0 Å². The molecule has 1 aliphatic rings. The van der Waals surface area contributed by atoms with Crippen LogP contribution in [0, 0.1) is 5.92 Å². The predicted octanol–water partition coefficient (Wildman–Crippen LogP) is 3.84. The fraction of sp³-hybridized carbons (Fsp3) is 0.538. The van der Waals surface area contributed by atoms with Gasteiger partial charge in [-0.1, -0.05) is 0 Å². The third-order valence-corrected chi connectivity index (χ3v) is 3.86. The first-order valence-corrected chi connectivity index (χ1v) is 6.87. The minimum Gasteiger partial charge on any atom is -0.489 e. The van der Waals surface area contributed by atoms with Crippen LogP contribution in [0.4, 0.5) is 13.2 Å². The lowest BCUT2D eigenvalue weighted by Crippen LogP contribution is -2.38. The van der Waals surface area contributed by atoms with Gasteiger partial charge >= 0.3 is 6.18 Å². The molecule has 0 spiro atoms. The lowest BCUT2D eigenvalue weighted by molar-refractivity contribution is -0.137. The number of hydrogen-bond acceptors (Lipinski definition) is 2. The highest BCUT2D eigenvalue weighted by molar-refractivity contribution is 9.10. The fourth-order valence-electron chi connectivity index (χ4n) is 2.18. The SMILES string of the molecule is CNCC1CC(Oc2ccc(C(F)(F)F)cc2Br)C1. The monoisotopic (exact) mass is 337 g/mol. The highest BCUT2D eigenvalue weighted by atomic mass is 79.9. The van der Waals surface area contributed by atoms with Crippen molar-refractivity contribution in [2.24, 2.45) is 5.92 Å². The zero-order valence-electron chi connectivity index (χ0n) is 10.4. The minimum atomic E-state index is -4.32. The minimum absolute atomic E-state index is 0.103. The number of benzene rings is 1. The number of hydrogen-bond donors (Lipinski definition) is 1. The maximum absolute atomic E-state index is 12.5. The van der Waals surface area contributed by atoms with Crippen molar-refractivity contribution in [3.05, 3.63) is 28.2 Å². The second-order valence-corrected chi connectivity index (χ2v) is 5.63. The van der Waals surface area contributed by atoms with Crippen LogP contribution in [0.15, 0.2) is 22.7 Å². The van der Waals surface area contributed by atoms with Crippen LogP contribution >= 0.6 is 15.9 Å². The first kappa shape index (κ1) is 14.7. The maximum atomic E-state index is 12.5. The number of ether oxygens (including phenoxy) is 1. The highest BCUT2D eigenvalue weighted by Gasteiger charge is 2.33. The standard InChI is InChI=1S/C13H15BrF3NO/c1-18-7-8-4-10(5-8)19-12-3-2-9(6-11(12)14)13(15,16)17/h2-3,6,8,10,18H,4-5,7H2,1H3. The molecule has 1 saturated carbocycles. The molecule has 1 aliphatic carbocycles. The van der Waals surface area contributed by atoms with Gasteiger partial charge in [0.2, 0.25) is 0 Å². The molecule has 0 atom stereocenters. The quantitative estimate of drug-likeness (QED) is 0.901. The van der Waals surface area contributed by atoms with Gasteiger partial charge in [0.25, 0.3) is 0 Å². The van der Waals surface area contributed by atoms with Crippen LogP contribution in [0.1, 0.15) is 18.4 Å². The van der Waals surface area contributed by atoms with E-state index in [1.165, 1.54) is 6.07 Å². The Hall–Kier alpha value is -0.750. The Bertz CT molecular complexity index is 444. The molecule has 1 fully saturated rings. The van der Waals surface area contributed by atoms with Gasteiger partial charge in [0.05, 0.1) is 16.1 Å². The largest absolute Gasteiger partial charge is 0.489 e. The van der Waals surface area contributed by atoms with Crippen molar-refractivity contribution < 1.29 is 17.9 Å². The van der Waals surface area contributed by atoms with E-state index in [1.54, 1.807) is 0 Å². The normalized spacial score (nSPS) is 23.0. The van der Waals surface area contributed by atoms with Gasteiger partial charge in [0.1, 0.15) is 5.75 Å². The van der Waals surface area contributed by atoms with Crippen molar-refractivity contribution in [2.75, 3.05) is 13.6 Å². The van der Waals surface area contributed by atoms with Crippen molar-refractivity contribution in [3.63, 3.8) is 0 Å². The highest BCUT2D eigenvalue weighted by Crippen LogP contribution is 2.37. The number of nitrogens with one attached hydrogen (secondary N) is 1. The van der Waals surface area contributed by atoms with E-state index < -0.39 is 11.7 Å². The molecule has 0 amide bonds. The lowest BCUT2D eigenvalue weighted by Gasteiger charge is -2.35. The first-order valence-electron chi connectivity index (χ1n) is 6.08. The first-order chi connectivity index (χ1) is 8.90. The zero-order chi connectivity index (χ0) is 14.0. The molecule has 19 heavy (non-hydrogen) atoms. The molecule has 2 nitrogen and oxygen atoms in total. The van der Waals surface area contributed by atoms with Gasteiger partial charge in [-0.25, -0.2) is 0 Å². The van der Waals surface area contributed by atoms with E-state index in [9.17, 15) is 13.2 Å². The Morgan fingerprint density at radius 2 is 2.05 bits per heavy atom. The topological polar surface area (TPSA) is 21.3 Å². The second kappa shape index (κ2) is 5.71. The fourth-order valence-corrected chi connectivity index (χ4v) is 2.65. The molecule has 0 bridgehead atoms. The molecular weight excluding hydrogens is 323 g/mol. The molecule has 1 aromatic carbocycles. The molecule has 0 aromatic heterocycles. The van der Waals surface area contributed by atoms with Gasteiger partial charge in [-0.15, -0.1) is 0 Å². The predicted molar refractivity (Wildman–Crippen MR) is 70.2 cm³/mol. The van der Waals surface area contributed by atoms with E-state index in [-0.39, 0.29) is 6.10 Å². The van der Waals surface area contributed by atoms with E-state index in [0.29, 0.717) is 16.1 Å². The number of rotatable bonds is 4. The summed E-state index contributed by atoms with van der Waals surface area (Å²) in [6.45, 7) is 0.952. The summed E-state index contributed by atoms with van der Waals surface area (Å²) in [6, 6.07) is 3.47. The summed E-state index contributed by atoms with van der Waals surface area (Å²) in [6.07, 6.45) is -2.34. The van der Waals surface area contributed by atoms with E-state index in [1.807, 2.05) is 7.05 Å². The van der Waals surface area contributed by atoms with Gasteiger partial charge < -0.3 is 10.1 Å². The Morgan fingerprint density at radius 1 is 1.37 bits per heavy atom. The summed E-state index contributed by atoms with van der Waals surface area (Å²) in [5, 5.41) is 3.10. The van der Waals surface area contributed by atoms with Crippen LogP contribution in [-0.2, 0) is 6.18 Å². The summed E-state index contributed by atoms with van der Waals surface area (Å²) in [7, 11) is 1.90. The van der Waals surface area contributed by atoms with Crippen LogP contribution in [0.5, 0.6) is 5.75 Å². The molecule has 0 unspecified atom stereocenters. The summed E-state index contributed by atoms with van der Waals surface area (Å²) in [5.74, 6) is 1.07. The number of halogens is 4. The van der Waals surface area contributed by atoms with E-state index >= 15 is 0 Å². The van der Waals surface area contributed by atoms with Crippen LogP contribution in [-0.4, -0.2) is 19.7 Å². The summed E-state index contributed by atoms with van der Waals surface area (Å²) in [4.78, 5) is 0. The van der Waals surface area contributed by atoms with Crippen LogP contribution in [0.3, 0.4) is 0 Å². The Morgan fingerprint density at radius 3 is 2.58 bits per heavy atom. The van der Waals surface area contributed by atoms with E-state index in [4.69, 9.17) is 4.74 Å². The van der Waals surface area contributed by atoms with Crippen molar-refractivity contribution in [2.45, 2.75) is 25.1 Å². The van der Waals surface area contributed by atoms with E-state index in [0.717, 1.165) is 31.5 Å². The van der Waals surface area contributed by atoms with Crippen LogP contribution < -0.4 is 10.1 Å². The molecule has 1 aromatic rings. The summed E-state index contributed by atoms with van der Waals surface area (Å²) < 4.78 is 43.6. The molecule has 0 aliphatic heterocycles. The summed E-state index contributed by atoms with van der Waals surface area (Å²) >= 11 is 3.13. The Balaban J connectivity index is 1.96. The van der Waals surface area contributed by atoms with Crippen molar-refractivity contribution in [1.82, 2.24) is 5.32 Å². The lowest BCUT2D eigenvalue weighted by atomic mass is 9.82. The molecular formula is C13H15BrF3NO. The van der Waals surface area contributed by atoms with Gasteiger partial charge in [-0.2, -0.15) is 13.2 Å². The number of alkyl halides is 3. The van der Waals surface area contributed by atoms with Crippen LogP contribution in [0.25, 0.3) is 0 Å². The van der Waals surface area contributed by atoms with Crippen molar-refractivity contribution in [3.8, 4) is 5.75 Å². The summed E-state index contributed by atoms with van der Waals surface area (Å²) in [5.41, 5.74) is -0.673. The van der Waals surface area contributed by atoms with Crippen molar-refractivity contribution >= 4 is 15.9 Å². The van der Waals surface area contributed by atoms with E-state index in [2.05, 4.69) is 21.2 Å². The smallest absolute Gasteiger partial charge is 0.416 e. The molecule has 0 radical (unpaired) electrons. The molecule has 0 saturated heterocycles. The molecule has 0 heterocycles. The molecule has 1 N–H and O–H groups in total. The van der Waals surface area contributed by atoms with Gasteiger partial charge in [0, 0.05) is 0 Å². The Labute approximate surface area is 118 Å². The Kier molecular flexibility index (Phi) is 4.40. The molecule has 6 heteroatoms. The molecule has 2 rings (SSSR count). The average molecular weight is 338 g/mol. The third kappa shape index (κ3) is 3.63. The second-order valence-electron chi connectivity index (χ2n) is 4.78. The van der Waals surface area contributed by atoms with Gasteiger partial charge in [0.15, 0.2) is 0 Å². The third-order valence-electron chi connectivity index (χ3n) is 3.24. The average Bonchev–Trinajstić information content (AvgIpc) is 2.27. The zero-order valence-corrected chi connectivity index (χ0v) is 12.0.